The Bertz CT molecular complexity index is 644. The Balaban J connectivity index is 2.29. The highest BCUT2D eigenvalue weighted by Gasteiger charge is 2.29. The van der Waals surface area contributed by atoms with Gasteiger partial charge in [0.1, 0.15) is 5.01 Å². The molecule has 0 aliphatic heterocycles. The maximum absolute atomic E-state index is 12.3. The van der Waals surface area contributed by atoms with E-state index in [9.17, 15) is 8.42 Å². The van der Waals surface area contributed by atoms with Crippen molar-refractivity contribution in [1.29, 1.82) is 0 Å². The number of aryl methyl sites for hydroxylation is 1. The van der Waals surface area contributed by atoms with Crippen LogP contribution in [-0.4, -0.2) is 13.4 Å². The zero-order valence-electron chi connectivity index (χ0n) is 11.0. The Kier molecular flexibility index (Phi) is 3.75. The summed E-state index contributed by atoms with van der Waals surface area (Å²) in [4.78, 5) is 4.44. The minimum absolute atomic E-state index is 0.266. The average Bonchev–Trinajstić information content (AvgIpc) is 2.82. The molecule has 0 amide bonds. The van der Waals surface area contributed by atoms with Crippen molar-refractivity contribution in [3.63, 3.8) is 0 Å². The van der Waals surface area contributed by atoms with Crippen molar-refractivity contribution in [2.45, 2.75) is 31.2 Å². The summed E-state index contributed by atoms with van der Waals surface area (Å²) in [5, 5.41) is 2.57. The molecule has 1 heterocycles. The van der Waals surface area contributed by atoms with Crippen LogP contribution in [0.1, 0.15) is 24.4 Å². The third kappa shape index (κ3) is 3.20. The second-order valence-electron chi connectivity index (χ2n) is 4.88. The number of nitrogens with one attached hydrogen (secondary N) is 1. The fourth-order valence-corrected chi connectivity index (χ4v) is 3.85. The van der Waals surface area contributed by atoms with Crippen LogP contribution in [0.5, 0.6) is 0 Å². The molecule has 2 rings (SSSR count). The van der Waals surface area contributed by atoms with Crippen LogP contribution in [-0.2, 0) is 15.6 Å². The first-order valence-corrected chi connectivity index (χ1v) is 8.18. The molecule has 0 unspecified atom stereocenters. The van der Waals surface area contributed by atoms with Gasteiger partial charge in [0.05, 0.1) is 10.4 Å². The van der Waals surface area contributed by atoms with E-state index in [0.29, 0.717) is 0 Å². The van der Waals surface area contributed by atoms with Gasteiger partial charge in [-0.05, 0) is 32.9 Å². The monoisotopic (exact) mass is 296 g/mol. The van der Waals surface area contributed by atoms with Crippen LogP contribution in [0.4, 0.5) is 0 Å². The van der Waals surface area contributed by atoms with E-state index in [2.05, 4.69) is 9.71 Å². The zero-order valence-corrected chi connectivity index (χ0v) is 12.7. The second-order valence-corrected chi connectivity index (χ2v) is 7.46. The molecule has 0 bridgehead atoms. The molecular formula is C13H16N2O2S2. The first kappa shape index (κ1) is 14.2. The molecule has 0 aliphatic rings. The molecule has 0 radical (unpaired) electrons. The molecule has 2 aromatic rings. The van der Waals surface area contributed by atoms with Crippen molar-refractivity contribution in [3.8, 4) is 0 Å². The lowest BCUT2D eigenvalue weighted by atomic mass is 10.1. The van der Waals surface area contributed by atoms with E-state index in [1.807, 2.05) is 12.3 Å². The average molecular weight is 296 g/mol. The summed E-state index contributed by atoms with van der Waals surface area (Å²) in [5.74, 6) is 0. The largest absolute Gasteiger partial charge is 0.248 e. The van der Waals surface area contributed by atoms with Gasteiger partial charge in [-0.3, -0.25) is 0 Å². The van der Waals surface area contributed by atoms with Gasteiger partial charge in [0.2, 0.25) is 10.0 Å². The van der Waals surface area contributed by atoms with Gasteiger partial charge in [-0.2, -0.15) is 4.72 Å². The van der Waals surface area contributed by atoms with E-state index in [4.69, 9.17) is 0 Å². The number of sulfonamides is 1. The van der Waals surface area contributed by atoms with E-state index in [1.54, 1.807) is 44.3 Å². The molecule has 1 aromatic carbocycles. The molecule has 0 fully saturated rings. The Morgan fingerprint density at radius 1 is 1.21 bits per heavy atom. The number of hydrogen-bond donors (Lipinski definition) is 1. The van der Waals surface area contributed by atoms with Gasteiger partial charge >= 0.3 is 0 Å². The molecule has 19 heavy (non-hydrogen) atoms. The van der Waals surface area contributed by atoms with E-state index >= 15 is 0 Å². The van der Waals surface area contributed by atoms with Gasteiger partial charge in [-0.15, -0.1) is 11.3 Å². The van der Waals surface area contributed by atoms with Crippen LogP contribution in [0.3, 0.4) is 0 Å². The van der Waals surface area contributed by atoms with Crippen LogP contribution in [0.2, 0.25) is 0 Å². The summed E-state index contributed by atoms with van der Waals surface area (Å²) in [6, 6.07) is 6.78. The lowest BCUT2D eigenvalue weighted by Crippen LogP contribution is -2.40. The molecule has 0 saturated carbocycles. The lowest BCUT2D eigenvalue weighted by molar-refractivity contribution is 0.470. The first-order valence-electron chi connectivity index (χ1n) is 5.82. The van der Waals surface area contributed by atoms with Crippen LogP contribution in [0.15, 0.2) is 40.7 Å². The Morgan fingerprint density at radius 2 is 1.84 bits per heavy atom. The van der Waals surface area contributed by atoms with Crippen LogP contribution >= 0.6 is 11.3 Å². The van der Waals surface area contributed by atoms with E-state index in [0.717, 1.165) is 10.6 Å². The number of thiazole rings is 1. The summed E-state index contributed by atoms with van der Waals surface area (Å²) in [5.41, 5.74) is 0.302. The van der Waals surface area contributed by atoms with Crippen LogP contribution in [0.25, 0.3) is 0 Å². The van der Waals surface area contributed by atoms with Gasteiger partial charge in [-0.1, -0.05) is 17.7 Å². The maximum Gasteiger partial charge on any atom is 0.241 e. The van der Waals surface area contributed by atoms with Gasteiger partial charge < -0.3 is 0 Å². The van der Waals surface area contributed by atoms with E-state index in [-0.39, 0.29) is 4.90 Å². The highest BCUT2D eigenvalue weighted by molar-refractivity contribution is 7.89. The molecule has 0 atom stereocenters. The normalized spacial score (nSPS) is 12.6. The number of rotatable bonds is 4. The first-order chi connectivity index (χ1) is 8.81. The standard InChI is InChI=1S/C13H16N2O2S2/c1-10-4-6-11(7-5-10)19(16,17)15-13(2,3)12-14-8-9-18-12/h4-9,15H,1-3H3. The molecular weight excluding hydrogens is 280 g/mol. The van der Waals surface area contributed by atoms with Crippen molar-refractivity contribution < 1.29 is 8.42 Å². The van der Waals surface area contributed by atoms with Gasteiger partial charge in [-0.25, -0.2) is 13.4 Å². The Hall–Kier alpha value is -1.24. The third-order valence-corrected chi connectivity index (χ3v) is 5.46. The summed E-state index contributed by atoms with van der Waals surface area (Å²) in [6.45, 7) is 5.53. The van der Waals surface area contributed by atoms with Crippen molar-refractivity contribution in [2.75, 3.05) is 0 Å². The summed E-state index contributed by atoms with van der Waals surface area (Å²) < 4.78 is 27.3. The highest BCUT2D eigenvalue weighted by Crippen LogP contribution is 2.24. The fraction of sp³-hybridized carbons (Fsp3) is 0.308. The molecule has 1 aromatic heterocycles. The number of hydrogen-bond acceptors (Lipinski definition) is 4. The molecule has 0 aliphatic carbocycles. The highest BCUT2D eigenvalue weighted by atomic mass is 32.2. The third-order valence-electron chi connectivity index (χ3n) is 2.69. The minimum Gasteiger partial charge on any atom is -0.248 e. The van der Waals surface area contributed by atoms with Gasteiger partial charge in [0, 0.05) is 11.6 Å². The number of aromatic nitrogens is 1. The van der Waals surface area contributed by atoms with Gasteiger partial charge in [0.25, 0.3) is 0 Å². The quantitative estimate of drug-likeness (QED) is 0.943. The number of benzene rings is 1. The number of nitrogens with zero attached hydrogens (tertiary/aromatic N) is 1. The van der Waals surface area contributed by atoms with E-state index < -0.39 is 15.6 Å². The molecule has 0 spiro atoms. The predicted molar refractivity (Wildman–Crippen MR) is 76.6 cm³/mol. The maximum atomic E-state index is 12.3. The van der Waals surface area contributed by atoms with Crippen LogP contribution < -0.4 is 4.72 Å². The molecule has 102 valence electrons. The van der Waals surface area contributed by atoms with Gasteiger partial charge in [0.15, 0.2) is 0 Å². The molecule has 4 nitrogen and oxygen atoms in total. The van der Waals surface area contributed by atoms with Crippen LogP contribution in [0, 0.1) is 6.92 Å². The minimum atomic E-state index is -3.54. The summed E-state index contributed by atoms with van der Waals surface area (Å²) >= 11 is 1.43. The summed E-state index contributed by atoms with van der Waals surface area (Å²) in [7, 11) is -3.54. The van der Waals surface area contributed by atoms with Crippen molar-refractivity contribution in [1.82, 2.24) is 9.71 Å². The predicted octanol–water partition coefficient (Wildman–Crippen LogP) is 2.67. The van der Waals surface area contributed by atoms with E-state index in [1.165, 1.54) is 11.3 Å². The SMILES string of the molecule is Cc1ccc(S(=O)(=O)NC(C)(C)c2nccs2)cc1. The van der Waals surface area contributed by atoms with Crippen molar-refractivity contribution >= 4 is 21.4 Å². The Morgan fingerprint density at radius 3 is 2.37 bits per heavy atom. The smallest absolute Gasteiger partial charge is 0.241 e. The molecule has 0 saturated heterocycles. The molecule has 6 heteroatoms. The fourth-order valence-electron chi connectivity index (χ4n) is 1.69. The lowest BCUT2D eigenvalue weighted by Gasteiger charge is -2.23. The Labute approximate surface area is 117 Å². The second kappa shape index (κ2) is 5.03. The summed E-state index contributed by atoms with van der Waals surface area (Å²) in [6.07, 6.45) is 1.67. The van der Waals surface area contributed by atoms with Crippen molar-refractivity contribution in [2.24, 2.45) is 0 Å². The van der Waals surface area contributed by atoms with Crippen molar-refractivity contribution in [3.05, 3.63) is 46.4 Å². The molecule has 1 N–H and O–H groups in total. The zero-order chi connectivity index (χ0) is 14.1. The topological polar surface area (TPSA) is 59.1 Å².